The van der Waals surface area contributed by atoms with E-state index in [0.717, 1.165) is 4.47 Å². The van der Waals surface area contributed by atoms with Gasteiger partial charge in [-0.25, -0.2) is 4.99 Å². The third kappa shape index (κ3) is 7.80. The number of carbonyl (C=O) groups excluding carboxylic acids is 1. The number of furan rings is 1. The summed E-state index contributed by atoms with van der Waals surface area (Å²) in [5, 5.41) is 19.5. The standard InChI is InChI=1S/C19H25BrN4O3.HI/c1-3-21-18(24-13-19(2,26)16-5-4-12-27-16)23-11-10-22-17(25)14-6-8-15(20)9-7-14;/h4-9,12,26H,3,10-11,13H2,1-2H3,(H,22,25)(H2,21,23,24);1H. The Morgan fingerprint density at radius 3 is 2.46 bits per heavy atom. The van der Waals surface area contributed by atoms with Gasteiger partial charge >= 0.3 is 0 Å². The van der Waals surface area contributed by atoms with Crippen molar-refractivity contribution >= 4 is 51.8 Å². The third-order valence-corrected chi connectivity index (χ3v) is 4.28. The van der Waals surface area contributed by atoms with E-state index in [4.69, 9.17) is 4.42 Å². The van der Waals surface area contributed by atoms with Crippen molar-refractivity contribution in [3.63, 3.8) is 0 Å². The Hall–Kier alpha value is -1.59. The Morgan fingerprint density at radius 2 is 1.86 bits per heavy atom. The van der Waals surface area contributed by atoms with E-state index in [0.29, 0.717) is 36.9 Å². The molecule has 28 heavy (non-hydrogen) atoms. The SMILES string of the molecule is CCNC(=NCC(C)(O)c1ccco1)NCCNC(=O)c1ccc(Br)cc1.I. The van der Waals surface area contributed by atoms with Gasteiger partial charge < -0.3 is 25.5 Å². The first kappa shape index (κ1) is 24.4. The average Bonchev–Trinajstić information content (AvgIpc) is 3.19. The summed E-state index contributed by atoms with van der Waals surface area (Å²) >= 11 is 3.34. The molecule has 1 atom stereocenters. The summed E-state index contributed by atoms with van der Waals surface area (Å²) in [4.78, 5) is 16.5. The van der Waals surface area contributed by atoms with E-state index in [1.165, 1.54) is 6.26 Å². The maximum atomic E-state index is 12.1. The Morgan fingerprint density at radius 1 is 1.18 bits per heavy atom. The van der Waals surface area contributed by atoms with Crippen LogP contribution in [-0.4, -0.2) is 43.2 Å². The van der Waals surface area contributed by atoms with Crippen molar-refractivity contribution < 1.29 is 14.3 Å². The van der Waals surface area contributed by atoms with Crippen molar-refractivity contribution in [2.24, 2.45) is 4.99 Å². The van der Waals surface area contributed by atoms with Gasteiger partial charge in [-0.3, -0.25) is 4.79 Å². The molecular formula is C19H26BrIN4O3. The molecule has 1 amide bonds. The Balaban J connectivity index is 0.00000392. The zero-order valence-electron chi connectivity index (χ0n) is 15.9. The van der Waals surface area contributed by atoms with Crippen molar-refractivity contribution in [2.75, 3.05) is 26.2 Å². The van der Waals surface area contributed by atoms with Gasteiger partial charge in [0, 0.05) is 29.7 Å². The number of carbonyl (C=O) groups is 1. The number of aliphatic hydroxyl groups is 1. The number of guanidine groups is 1. The number of nitrogens with zero attached hydrogens (tertiary/aromatic N) is 1. The molecule has 1 heterocycles. The molecule has 0 radical (unpaired) electrons. The zero-order chi connectivity index (χ0) is 19.7. The fourth-order valence-corrected chi connectivity index (χ4v) is 2.56. The van der Waals surface area contributed by atoms with Crippen molar-refractivity contribution in [3.05, 3.63) is 58.5 Å². The van der Waals surface area contributed by atoms with Crippen LogP contribution in [0.4, 0.5) is 0 Å². The van der Waals surface area contributed by atoms with Crippen LogP contribution in [0.15, 0.2) is 56.5 Å². The van der Waals surface area contributed by atoms with Crippen LogP contribution in [0.25, 0.3) is 0 Å². The average molecular weight is 565 g/mol. The number of hydrogen-bond donors (Lipinski definition) is 4. The number of nitrogens with one attached hydrogen (secondary N) is 3. The summed E-state index contributed by atoms with van der Waals surface area (Å²) in [5.74, 6) is 0.887. The summed E-state index contributed by atoms with van der Waals surface area (Å²) in [7, 11) is 0. The molecule has 0 fully saturated rings. The molecule has 2 rings (SSSR count). The van der Waals surface area contributed by atoms with E-state index < -0.39 is 5.60 Å². The number of benzene rings is 1. The summed E-state index contributed by atoms with van der Waals surface area (Å²) in [6, 6.07) is 10.6. The first-order chi connectivity index (χ1) is 12.9. The van der Waals surface area contributed by atoms with Gasteiger partial charge in [0.15, 0.2) is 5.96 Å². The van der Waals surface area contributed by atoms with Gasteiger partial charge in [0.05, 0.1) is 12.8 Å². The van der Waals surface area contributed by atoms with Crippen molar-refractivity contribution in [3.8, 4) is 0 Å². The second-order valence-corrected chi connectivity index (χ2v) is 7.05. The van der Waals surface area contributed by atoms with Crippen LogP contribution < -0.4 is 16.0 Å². The van der Waals surface area contributed by atoms with Crippen LogP contribution in [0.5, 0.6) is 0 Å². The van der Waals surface area contributed by atoms with Crippen molar-refractivity contribution in [2.45, 2.75) is 19.4 Å². The van der Waals surface area contributed by atoms with Gasteiger partial charge in [-0.15, -0.1) is 24.0 Å². The topological polar surface area (TPSA) is 98.9 Å². The second-order valence-electron chi connectivity index (χ2n) is 6.14. The minimum Gasteiger partial charge on any atom is -0.466 e. The van der Waals surface area contributed by atoms with E-state index in [9.17, 15) is 9.90 Å². The lowest BCUT2D eigenvalue weighted by molar-refractivity contribution is 0.0437. The normalized spacial score (nSPS) is 13.2. The lowest BCUT2D eigenvalue weighted by atomic mass is 10.0. The largest absolute Gasteiger partial charge is 0.466 e. The van der Waals surface area contributed by atoms with Gasteiger partial charge in [0.1, 0.15) is 11.4 Å². The lowest BCUT2D eigenvalue weighted by Gasteiger charge is -2.19. The number of rotatable bonds is 8. The van der Waals surface area contributed by atoms with Crippen LogP contribution >= 0.6 is 39.9 Å². The smallest absolute Gasteiger partial charge is 0.251 e. The third-order valence-electron chi connectivity index (χ3n) is 3.75. The highest BCUT2D eigenvalue weighted by atomic mass is 127. The van der Waals surface area contributed by atoms with Crippen LogP contribution in [0.2, 0.25) is 0 Å². The van der Waals surface area contributed by atoms with Gasteiger partial charge in [0.2, 0.25) is 0 Å². The Labute approximate surface area is 190 Å². The molecule has 4 N–H and O–H groups in total. The molecule has 0 bridgehead atoms. The summed E-state index contributed by atoms with van der Waals surface area (Å²) in [5.41, 5.74) is -0.588. The van der Waals surface area contributed by atoms with Gasteiger partial charge in [-0.05, 0) is 50.2 Å². The van der Waals surface area contributed by atoms with Gasteiger partial charge in [-0.1, -0.05) is 15.9 Å². The monoisotopic (exact) mass is 564 g/mol. The maximum absolute atomic E-state index is 12.1. The van der Waals surface area contributed by atoms with E-state index >= 15 is 0 Å². The van der Waals surface area contributed by atoms with E-state index in [1.54, 1.807) is 31.2 Å². The minimum atomic E-state index is -1.19. The van der Waals surface area contributed by atoms with Crippen LogP contribution in [0, 0.1) is 0 Å². The van der Waals surface area contributed by atoms with Gasteiger partial charge in [0.25, 0.3) is 5.91 Å². The molecule has 2 aromatic rings. The quantitative estimate of drug-likeness (QED) is 0.171. The molecule has 0 spiro atoms. The molecule has 1 aromatic heterocycles. The molecule has 0 aliphatic heterocycles. The molecular weight excluding hydrogens is 539 g/mol. The molecule has 1 unspecified atom stereocenters. The fraction of sp³-hybridized carbons (Fsp3) is 0.368. The maximum Gasteiger partial charge on any atom is 0.251 e. The second kappa shape index (κ2) is 12.1. The number of hydrogen-bond acceptors (Lipinski definition) is 4. The van der Waals surface area contributed by atoms with Crippen LogP contribution in [0.3, 0.4) is 0 Å². The molecule has 0 aliphatic rings. The predicted molar refractivity (Wildman–Crippen MR) is 124 cm³/mol. The molecule has 1 aromatic carbocycles. The zero-order valence-corrected chi connectivity index (χ0v) is 19.8. The molecule has 7 nitrogen and oxygen atoms in total. The Bertz CT molecular complexity index is 749. The van der Waals surface area contributed by atoms with E-state index in [1.807, 2.05) is 19.1 Å². The van der Waals surface area contributed by atoms with Gasteiger partial charge in [-0.2, -0.15) is 0 Å². The molecule has 0 saturated heterocycles. The lowest BCUT2D eigenvalue weighted by Crippen LogP contribution is -2.42. The number of aliphatic imine (C=N–C) groups is 1. The summed E-state index contributed by atoms with van der Waals surface area (Å²) < 4.78 is 6.18. The first-order valence-corrected chi connectivity index (χ1v) is 9.54. The highest BCUT2D eigenvalue weighted by molar-refractivity contribution is 14.0. The van der Waals surface area contributed by atoms with E-state index in [-0.39, 0.29) is 36.4 Å². The highest BCUT2D eigenvalue weighted by Gasteiger charge is 2.26. The Kier molecular flexibility index (Phi) is 10.5. The molecule has 9 heteroatoms. The van der Waals surface area contributed by atoms with Crippen LogP contribution in [-0.2, 0) is 5.60 Å². The predicted octanol–water partition coefficient (Wildman–Crippen LogP) is 2.85. The fourth-order valence-electron chi connectivity index (χ4n) is 2.30. The number of amides is 1. The number of halogens is 2. The van der Waals surface area contributed by atoms with Crippen LogP contribution in [0.1, 0.15) is 30.0 Å². The first-order valence-electron chi connectivity index (χ1n) is 8.74. The summed E-state index contributed by atoms with van der Waals surface area (Å²) in [6.07, 6.45) is 1.52. The van der Waals surface area contributed by atoms with Crippen molar-refractivity contribution in [1.29, 1.82) is 0 Å². The highest BCUT2D eigenvalue weighted by Crippen LogP contribution is 2.20. The van der Waals surface area contributed by atoms with Crippen molar-refractivity contribution in [1.82, 2.24) is 16.0 Å². The summed E-state index contributed by atoms with van der Waals surface area (Å²) in [6.45, 7) is 5.36. The van der Waals surface area contributed by atoms with E-state index in [2.05, 4.69) is 36.9 Å². The molecule has 154 valence electrons. The molecule has 0 saturated carbocycles. The minimum absolute atomic E-state index is 0. The molecule has 0 aliphatic carbocycles.